The van der Waals surface area contributed by atoms with Crippen LogP contribution in [0.25, 0.3) is 0 Å². The van der Waals surface area contributed by atoms with Crippen LogP contribution in [0.5, 0.6) is 0 Å². The number of hydrogen-bond acceptors (Lipinski definition) is 2. The first kappa shape index (κ1) is 21.3. The van der Waals surface area contributed by atoms with Crippen LogP contribution in [0.2, 0.25) is 0 Å². The number of aliphatic imine (C=N–C) groups is 1. The minimum Gasteiger partial charge on any atom is -0.356 e. The third kappa shape index (κ3) is 6.33. The number of hydrogen-bond donors (Lipinski definition) is 2. The molecule has 0 spiro atoms. The van der Waals surface area contributed by atoms with Crippen molar-refractivity contribution in [2.45, 2.75) is 12.8 Å². The third-order valence-corrected chi connectivity index (χ3v) is 4.21. The van der Waals surface area contributed by atoms with Crippen molar-refractivity contribution in [3.63, 3.8) is 0 Å². The molecule has 0 radical (unpaired) electrons. The average molecular weight is 388 g/mol. The van der Waals surface area contributed by atoms with Gasteiger partial charge in [-0.2, -0.15) is 0 Å². The molecule has 2 aromatic rings. The maximum atomic E-state index is 13.6. The average Bonchev–Trinajstić information content (AvgIpc) is 2.67. The molecule has 0 aliphatic carbocycles. The lowest BCUT2D eigenvalue weighted by atomic mass is 10.1. The molecule has 2 rings (SSSR count). The Kier molecular flexibility index (Phi) is 7.92. The van der Waals surface area contributed by atoms with E-state index in [9.17, 15) is 13.6 Å². The fraction of sp³-hybridized carbons (Fsp3) is 0.333. The second kappa shape index (κ2) is 10.4. The largest absolute Gasteiger partial charge is 0.356 e. The molecular formula is C21H26F2N4O. The number of amides is 1. The number of nitrogens with zero attached hydrogens (tertiary/aromatic N) is 2. The van der Waals surface area contributed by atoms with Crippen molar-refractivity contribution in [1.29, 1.82) is 0 Å². The van der Waals surface area contributed by atoms with Crippen molar-refractivity contribution in [3.8, 4) is 0 Å². The Bertz CT molecular complexity index is 837. The van der Waals surface area contributed by atoms with E-state index in [0.717, 1.165) is 18.1 Å². The van der Waals surface area contributed by atoms with Crippen LogP contribution in [0.4, 0.5) is 8.78 Å². The zero-order chi connectivity index (χ0) is 20.5. The predicted octanol–water partition coefficient (Wildman–Crippen LogP) is 2.62. The molecule has 0 aromatic heterocycles. The van der Waals surface area contributed by atoms with Gasteiger partial charge in [0.1, 0.15) is 11.6 Å². The number of benzene rings is 2. The van der Waals surface area contributed by atoms with Gasteiger partial charge in [-0.25, -0.2) is 8.78 Å². The predicted molar refractivity (Wildman–Crippen MR) is 108 cm³/mol. The summed E-state index contributed by atoms with van der Waals surface area (Å²) in [6.45, 7) is 1.10. The number of carbonyl (C=O) groups is 1. The van der Waals surface area contributed by atoms with Crippen LogP contribution in [0, 0.1) is 11.6 Å². The lowest BCUT2D eigenvalue weighted by Gasteiger charge is -2.13. The van der Waals surface area contributed by atoms with Crippen molar-refractivity contribution in [1.82, 2.24) is 15.5 Å². The Morgan fingerprint density at radius 3 is 2.39 bits per heavy atom. The molecule has 28 heavy (non-hydrogen) atoms. The highest BCUT2D eigenvalue weighted by atomic mass is 19.1. The molecule has 0 fully saturated rings. The zero-order valence-electron chi connectivity index (χ0n) is 16.4. The number of guanidine groups is 1. The highest BCUT2D eigenvalue weighted by molar-refractivity contribution is 5.94. The van der Waals surface area contributed by atoms with E-state index in [-0.39, 0.29) is 5.91 Å². The lowest BCUT2D eigenvalue weighted by molar-refractivity contribution is 0.0827. The molecule has 2 N–H and O–H groups in total. The summed E-state index contributed by atoms with van der Waals surface area (Å²) in [5, 5.41) is 6.30. The van der Waals surface area contributed by atoms with Crippen molar-refractivity contribution < 1.29 is 13.6 Å². The van der Waals surface area contributed by atoms with E-state index >= 15 is 0 Å². The minimum absolute atomic E-state index is 0.0275. The van der Waals surface area contributed by atoms with Crippen LogP contribution < -0.4 is 10.6 Å². The minimum atomic E-state index is -0.581. The Balaban J connectivity index is 1.79. The molecule has 0 saturated heterocycles. The van der Waals surface area contributed by atoms with Crippen LogP contribution in [-0.4, -0.2) is 51.0 Å². The Labute approximate surface area is 164 Å². The van der Waals surface area contributed by atoms with Crippen molar-refractivity contribution >= 4 is 11.9 Å². The number of carbonyl (C=O) groups excluding carboxylic acids is 1. The summed E-state index contributed by atoms with van der Waals surface area (Å²) in [5.41, 5.74) is 2.15. The molecular weight excluding hydrogens is 362 g/mol. The fourth-order valence-electron chi connectivity index (χ4n) is 2.70. The van der Waals surface area contributed by atoms with E-state index in [0.29, 0.717) is 36.6 Å². The van der Waals surface area contributed by atoms with Gasteiger partial charge in [-0.3, -0.25) is 9.79 Å². The highest BCUT2D eigenvalue weighted by Crippen LogP contribution is 2.10. The summed E-state index contributed by atoms with van der Waals surface area (Å²) in [7, 11) is 5.11. The molecule has 5 nitrogen and oxygen atoms in total. The maximum Gasteiger partial charge on any atom is 0.253 e. The summed E-state index contributed by atoms with van der Waals surface area (Å²) >= 11 is 0. The van der Waals surface area contributed by atoms with E-state index in [4.69, 9.17) is 0 Å². The third-order valence-electron chi connectivity index (χ3n) is 4.21. The first-order valence-corrected chi connectivity index (χ1v) is 9.09. The first-order valence-electron chi connectivity index (χ1n) is 9.09. The van der Waals surface area contributed by atoms with Gasteiger partial charge in [0.05, 0.1) is 0 Å². The van der Waals surface area contributed by atoms with Gasteiger partial charge in [0.2, 0.25) is 0 Å². The van der Waals surface area contributed by atoms with Gasteiger partial charge in [-0.1, -0.05) is 18.2 Å². The number of halogens is 2. The Morgan fingerprint density at radius 2 is 1.75 bits per heavy atom. The molecule has 1 amide bonds. The number of rotatable bonds is 7. The first-order chi connectivity index (χ1) is 13.4. The summed E-state index contributed by atoms with van der Waals surface area (Å²) in [6.07, 6.45) is 1.14. The van der Waals surface area contributed by atoms with E-state index in [1.165, 1.54) is 12.1 Å². The smallest absolute Gasteiger partial charge is 0.253 e. The molecule has 7 heteroatoms. The SMILES string of the molecule is CN=C(NCCc1cccc(C(=O)N(C)C)c1)NCCc1ccc(F)cc1F. The van der Waals surface area contributed by atoms with Gasteiger partial charge in [0.25, 0.3) is 5.91 Å². The molecule has 0 heterocycles. The van der Waals surface area contributed by atoms with Gasteiger partial charge in [0, 0.05) is 45.9 Å². The topological polar surface area (TPSA) is 56.7 Å². The van der Waals surface area contributed by atoms with Crippen LogP contribution in [0.3, 0.4) is 0 Å². The van der Waals surface area contributed by atoms with Crippen LogP contribution in [0.1, 0.15) is 21.5 Å². The molecule has 0 bridgehead atoms. The maximum absolute atomic E-state index is 13.6. The van der Waals surface area contributed by atoms with Crippen molar-refractivity contribution in [2.24, 2.45) is 4.99 Å². The normalized spacial score (nSPS) is 11.2. The summed E-state index contributed by atoms with van der Waals surface area (Å²) < 4.78 is 26.6. The second-order valence-corrected chi connectivity index (χ2v) is 6.56. The summed E-state index contributed by atoms with van der Waals surface area (Å²) in [6, 6.07) is 11.1. The van der Waals surface area contributed by atoms with Crippen LogP contribution >= 0.6 is 0 Å². The zero-order valence-corrected chi connectivity index (χ0v) is 16.4. The number of nitrogens with one attached hydrogen (secondary N) is 2. The summed E-state index contributed by atoms with van der Waals surface area (Å²) in [5.74, 6) is -0.553. The van der Waals surface area contributed by atoms with E-state index in [1.807, 2.05) is 18.2 Å². The van der Waals surface area contributed by atoms with Crippen molar-refractivity contribution in [2.75, 3.05) is 34.2 Å². The standard InChI is InChI=1S/C21H26F2N4O/c1-24-21(26-12-10-16-7-8-18(22)14-19(16)23)25-11-9-15-5-4-6-17(13-15)20(28)27(2)3/h4-8,13-14H,9-12H2,1-3H3,(H2,24,25,26). The lowest BCUT2D eigenvalue weighted by Crippen LogP contribution is -2.39. The summed E-state index contributed by atoms with van der Waals surface area (Å²) in [4.78, 5) is 17.7. The molecule has 0 atom stereocenters. The van der Waals surface area contributed by atoms with Crippen molar-refractivity contribution in [3.05, 3.63) is 70.8 Å². The van der Waals surface area contributed by atoms with Crippen LogP contribution in [0.15, 0.2) is 47.5 Å². The second-order valence-electron chi connectivity index (χ2n) is 6.56. The monoisotopic (exact) mass is 388 g/mol. The Morgan fingerprint density at radius 1 is 1.04 bits per heavy atom. The van der Waals surface area contributed by atoms with Gasteiger partial charge in [0.15, 0.2) is 5.96 Å². The molecule has 0 unspecified atom stereocenters. The van der Waals surface area contributed by atoms with Crippen LogP contribution in [-0.2, 0) is 12.8 Å². The van der Waals surface area contributed by atoms with Gasteiger partial charge < -0.3 is 15.5 Å². The Hall–Kier alpha value is -2.96. The molecule has 150 valence electrons. The quantitative estimate of drug-likeness (QED) is 0.566. The molecule has 2 aromatic carbocycles. The van der Waals surface area contributed by atoms with Gasteiger partial charge >= 0.3 is 0 Å². The van der Waals surface area contributed by atoms with Gasteiger partial charge in [-0.05, 0) is 42.2 Å². The highest BCUT2D eigenvalue weighted by Gasteiger charge is 2.08. The van der Waals surface area contributed by atoms with E-state index in [1.54, 1.807) is 32.1 Å². The van der Waals surface area contributed by atoms with E-state index in [2.05, 4.69) is 15.6 Å². The van der Waals surface area contributed by atoms with E-state index < -0.39 is 11.6 Å². The molecule has 0 aliphatic heterocycles. The molecule has 0 aliphatic rings. The fourth-order valence-corrected chi connectivity index (χ4v) is 2.70. The molecule has 0 saturated carbocycles. The van der Waals surface area contributed by atoms with Gasteiger partial charge in [-0.15, -0.1) is 0 Å².